The number of benzene rings is 3. The summed E-state index contributed by atoms with van der Waals surface area (Å²) in [6.07, 6.45) is 9.09. The van der Waals surface area contributed by atoms with Gasteiger partial charge < -0.3 is 13.4 Å². The zero-order valence-electron chi connectivity index (χ0n) is 36.8. The van der Waals surface area contributed by atoms with Gasteiger partial charge in [-0.2, -0.15) is 0 Å². The van der Waals surface area contributed by atoms with Crippen LogP contribution in [-0.2, 0) is 37.3 Å². The van der Waals surface area contributed by atoms with Crippen molar-refractivity contribution < 1.29 is 17.3 Å². The Hall–Kier alpha value is -3.48. The molecule has 3 aromatic carbocycles. The maximum atomic E-state index is 14.8. The van der Waals surface area contributed by atoms with Crippen molar-refractivity contribution in [1.29, 1.82) is 0 Å². The normalized spacial score (nSPS) is 18.2. The molecule has 6 nitrogen and oxygen atoms in total. The lowest BCUT2D eigenvalue weighted by Gasteiger charge is -2.36. The Morgan fingerprint density at radius 2 is 1.25 bits per heavy atom. The van der Waals surface area contributed by atoms with Crippen LogP contribution in [-0.4, -0.2) is 46.8 Å². The maximum absolute atomic E-state index is 14.8. The van der Waals surface area contributed by atoms with Crippen LogP contribution in [0.15, 0.2) is 101 Å². The van der Waals surface area contributed by atoms with E-state index in [9.17, 15) is 8.42 Å². The van der Waals surface area contributed by atoms with Crippen molar-refractivity contribution in [1.82, 2.24) is 8.54 Å². The first-order valence-electron chi connectivity index (χ1n) is 20.7. The summed E-state index contributed by atoms with van der Waals surface area (Å²) in [7, 11) is -7.95. The molecule has 0 saturated heterocycles. The van der Waals surface area contributed by atoms with E-state index in [-0.39, 0.29) is 20.9 Å². The zero-order chi connectivity index (χ0) is 41.8. The minimum Gasteiger partial charge on any atom is -0.416 e. The Morgan fingerprint density at radius 3 is 1.79 bits per heavy atom. The SMILES string of the molecule is CC(C)=C[C@H]1C[C@](C)(/C=C/c2c(CCO[Si](C)(C)C(C)(C)C)c3ccccc3n2S(=O)(=O)c2ccccc2)n2c1c(CCO[Si](C)(C)C(C)(C)C)c1ccccc12. The first-order valence-corrected chi connectivity index (χ1v) is 27.9. The van der Waals surface area contributed by atoms with E-state index in [1.165, 1.54) is 27.7 Å². The van der Waals surface area contributed by atoms with Crippen LogP contribution in [0.2, 0.25) is 36.3 Å². The molecule has 57 heavy (non-hydrogen) atoms. The summed E-state index contributed by atoms with van der Waals surface area (Å²) in [5, 5.41) is 2.40. The quantitative estimate of drug-likeness (QED) is 0.0876. The number of hydrogen-bond donors (Lipinski definition) is 0. The smallest absolute Gasteiger partial charge is 0.268 e. The predicted octanol–water partition coefficient (Wildman–Crippen LogP) is 12.8. The Bertz CT molecular complexity index is 2420. The molecule has 0 N–H and O–H groups in total. The van der Waals surface area contributed by atoms with E-state index in [1.54, 1.807) is 28.2 Å². The number of fused-ring (bicyclic) bond motifs is 4. The summed E-state index contributed by atoms with van der Waals surface area (Å²) in [6, 6.07) is 25.5. The van der Waals surface area contributed by atoms with E-state index >= 15 is 0 Å². The lowest BCUT2D eigenvalue weighted by Crippen LogP contribution is -2.41. The molecule has 0 fully saturated rings. The number of para-hydroxylation sites is 2. The fourth-order valence-corrected chi connectivity index (χ4v) is 11.7. The molecule has 1 aliphatic heterocycles. The predicted molar refractivity (Wildman–Crippen MR) is 246 cm³/mol. The van der Waals surface area contributed by atoms with Gasteiger partial charge >= 0.3 is 0 Å². The minimum absolute atomic E-state index is 0.0617. The van der Waals surface area contributed by atoms with Crippen LogP contribution in [0.4, 0.5) is 0 Å². The standard InChI is InChI=1S/C48H66N2O4SSi2/c1-35(2)33-36-34-48(9,49-42-25-19-17-24-39(42)41(45(36)49)29-32-54-57(12,13)47(6,7)8)30-27-44-40(28-31-53-56(10,11)46(3,4)5)38-23-18-20-26-43(38)50(44)55(51,52)37-21-15-14-16-22-37/h14-27,30,33,36H,28-29,31-32,34H2,1-13H3/b30-27+/t36-,48-/m0/s1. The molecule has 0 unspecified atom stereocenters. The second-order valence-electron chi connectivity index (χ2n) is 19.6. The number of aromatic nitrogens is 2. The average molecular weight is 823 g/mol. The first kappa shape index (κ1) is 43.1. The monoisotopic (exact) mass is 822 g/mol. The Balaban J connectivity index is 1.53. The van der Waals surface area contributed by atoms with Crippen molar-refractivity contribution >= 4 is 54.5 Å². The summed E-state index contributed by atoms with van der Waals surface area (Å²) in [4.78, 5) is 0.267. The van der Waals surface area contributed by atoms with Crippen LogP contribution in [0.1, 0.15) is 97.2 Å². The third-order valence-electron chi connectivity index (χ3n) is 13.1. The van der Waals surface area contributed by atoms with Gasteiger partial charge in [-0.3, -0.25) is 0 Å². The van der Waals surface area contributed by atoms with Crippen LogP contribution >= 0.6 is 0 Å². The summed E-state index contributed by atoms with van der Waals surface area (Å²) in [5.74, 6) is 0.191. The zero-order valence-corrected chi connectivity index (χ0v) is 39.6. The van der Waals surface area contributed by atoms with E-state index in [4.69, 9.17) is 8.85 Å². The largest absolute Gasteiger partial charge is 0.416 e. The lowest BCUT2D eigenvalue weighted by atomic mass is 9.88. The molecule has 0 spiro atoms. The lowest BCUT2D eigenvalue weighted by molar-refractivity contribution is 0.292. The molecule has 0 amide bonds. The highest BCUT2D eigenvalue weighted by molar-refractivity contribution is 7.90. The Morgan fingerprint density at radius 1 is 0.754 bits per heavy atom. The number of hydrogen-bond acceptors (Lipinski definition) is 4. The summed E-state index contributed by atoms with van der Waals surface area (Å²) >= 11 is 0. The second kappa shape index (κ2) is 15.6. The number of allylic oxidation sites excluding steroid dienone is 3. The van der Waals surface area contributed by atoms with Gasteiger partial charge in [0.2, 0.25) is 0 Å². The number of nitrogens with zero attached hydrogens (tertiary/aromatic N) is 2. The van der Waals surface area contributed by atoms with Gasteiger partial charge in [0.15, 0.2) is 16.6 Å². The second-order valence-corrected chi connectivity index (χ2v) is 31.0. The highest BCUT2D eigenvalue weighted by atomic mass is 32.2. The molecule has 2 atom stereocenters. The van der Waals surface area contributed by atoms with Gasteiger partial charge in [-0.1, -0.05) is 114 Å². The highest BCUT2D eigenvalue weighted by Gasteiger charge is 2.42. The van der Waals surface area contributed by atoms with Crippen molar-refractivity contribution in [3.8, 4) is 0 Å². The van der Waals surface area contributed by atoms with E-state index in [0.717, 1.165) is 23.8 Å². The van der Waals surface area contributed by atoms with Crippen LogP contribution in [0.5, 0.6) is 0 Å². The van der Waals surface area contributed by atoms with E-state index < -0.39 is 32.2 Å². The third kappa shape index (κ3) is 8.24. The van der Waals surface area contributed by atoms with Crippen LogP contribution in [0, 0.1) is 0 Å². The van der Waals surface area contributed by atoms with Gasteiger partial charge in [-0.05, 0) is 118 Å². The average Bonchev–Trinajstić information content (AvgIpc) is 3.73. The van der Waals surface area contributed by atoms with E-state index in [1.807, 2.05) is 24.3 Å². The summed E-state index contributed by atoms with van der Waals surface area (Å²) in [6.45, 7) is 30.7. The molecule has 0 saturated carbocycles. The molecule has 3 heterocycles. The molecule has 0 radical (unpaired) electrons. The van der Waals surface area contributed by atoms with Gasteiger partial charge in [0.1, 0.15) is 0 Å². The molecular formula is C48H66N2O4SSi2. The first-order chi connectivity index (χ1) is 26.5. The molecule has 6 rings (SSSR count). The Kier molecular flexibility index (Phi) is 11.8. The third-order valence-corrected chi connectivity index (χ3v) is 24.0. The summed E-state index contributed by atoms with van der Waals surface area (Å²) < 4.78 is 47.2. The van der Waals surface area contributed by atoms with Gasteiger partial charge in [0.05, 0.1) is 21.6 Å². The topological polar surface area (TPSA) is 62.5 Å². The van der Waals surface area contributed by atoms with Crippen LogP contribution in [0.25, 0.3) is 27.9 Å². The molecular weight excluding hydrogens is 757 g/mol. The molecule has 9 heteroatoms. The van der Waals surface area contributed by atoms with Crippen LogP contribution in [0.3, 0.4) is 0 Å². The van der Waals surface area contributed by atoms with Crippen molar-refractivity contribution in [2.45, 2.75) is 134 Å². The summed E-state index contributed by atoms with van der Waals surface area (Å²) in [5.41, 5.74) is 7.08. The van der Waals surface area contributed by atoms with Gasteiger partial charge in [-0.25, -0.2) is 12.4 Å². The minimum atomic E-state index is -3.96. The van der Waals surface area contributed by atoms with Crippen molar-refractivity contribution in [2.75, 3.05) is 13.2 Å². The number of rotatable bonds is 13. The fourth-order valence-electron chi connectivity index (χ4n) is 8.04. The maximum Gasteiger partial charge on any atom is 0.268 e. The van der Waals surface area contributed by atoms with Gasteiger partial charge in [0, 0.05) is 41.1 Å². The molecule has 2 aromatic heterocycles. The van der Waals surface area contributed by atoms with E-state index in [2.05, 4.69) is 142 Å². The van der Waals surface area contributed by atoms with Crippen molar-refractivity contribution in [3.63, 3.8) is 0 Å². The molecule has 1 aliphatic rings. The molecule has 0 aliphatic carbocycles. The van der Waals surface area contributed by atoms with Gasteiger partial charge in [-0.15, -0.1) is 0 Å². The van der Waals surface area contributed by atoms with Crippen molar-refractivity contribution in [2.24, 2.45) is 0 Å². The van der Waals surface area contributed by atoms with Crippen molar-refractivity contribution in [3.05, 3.63) is 119 Å². The molecule has 306 valence electrons. The molecule has 5 aromatic rings. The van der Waals surface area contributed by atoms with Gasteiger partial charge in [0.25, 0.3) is 10.0 Å². The van der Waals surface area contributed by atoms with E-state index in [0.29, 0.717) is 30.8 Å². The highest BCUT2D eigenvalue weighted by Crippen LogP contribution is 2.50. The molecule has 0 bridgehead atoms. The fraction of sp³-hybridized carbons (Fsp3) is 0.458. The van der Waals surface area contributed by atoms with Crippen LogP contribution < -0.4 is 0 Å². The Labute approximate surface area is 345 Å².